The number of nitrogens with one attached hydrogen (secondary N) is 1. The van der Waals surface area contributed by atoms with Crippen molar-refractivity contribution in [1.29, 1.82) is 0 Å². The molecule has 0 aliphatic heterocycles. The fraction of sp³-hybridized carbons (Fsp3) is 0.500. The van der Waals surface area contributed by atoms with Crippen molar-refractivity contribution in [2.75, 3.05) is 13.7 Å². The lowest BCUT2D eigenvalue weighted by Crippen LogP contribution is -2.46. The summed E-state index contributed by atoms with van der Waals surface area (Å²) in [4.78, 5) is 23.4. The fourth-order valence-corrected chi connectivity index (χ4v) is 1.55. The van der Waals surface area contributed by atoms with Crippen molar-refractivity contribution in [2.45, 2.75) is 39.0 Å². The Hall–Kier alpha value is -2.08. The Bertz CT molecular complexity index is 481. The van der Waals surface area contributed by atoms with Gasteiger partial charge >= 0.3 is 12.1 Å². The molecule has 1 N–H and O–H groups in total. The van der Waals surface area contributed by atoms with Gasteiger partial charge < -0.3 is 19.5 Å². The van der Waals surface area contributed by atoms with Crippen LogP contribution in [0.4, 0.5) is 4.79 Å². The predicted molar refractivity (Wildman–Crippen MR) is 81.3 cm³/mol. The summed E-state index contributed by atoms with van der Waals surface area (Å²) in [5, 5.41) is 2.45. The number of amides is 1. The van der Waals surface area contributed by atoms with Crippen molar-refractivity contribution >= 4 is 12.1 Å². The lowest BCUT2D eigenvalue weighted by molar-refractivity contribution is -0.146. The first kappa shape index (κ1) is 18.0. The number of benzene rings is 1. The van der Waals surface area contributed by atoms with Crippen LogP contribution < -0.4 is 5.32 Å². The van der Waals surface area contributed by atoms with Gasteiger partial charge in [-0.15, -0.1) is 0 Å². The third-order valence-corrected chi connectivity index (χ3v) is 2.67. The molecule has 0 saturated heterocycles. The molecule has 122 valence electrons. The van der Waals surface area contributed by atoms with E-state index in [0.717, 1.165) is 5.56 Å². The van der Waals surface area contributed by atoms with Gasteiger partial charge in [-0.2, -0.15) is 0 Å². The molecule has 1 amide bonds. The molecule has 1 unspecified atom stereocenters. The van der Waals surface area contributed by atoms with Crippen molar-refractivity contribution in [1.82, 2.24) is 5.32 Å². The molecular weight excluding hydrogens is 286 g/mol. The molecule has 6 nitrogen and oxygen atoms in total. The maximum absolute atomic E-state index is 11.8. The second-order valence-electron chi connectivity index (χ2n) is 5.71. The van der Waals surface area contributed by atoms with Crippen LogP contribution in [0.25, 0.3) is 0 Å². The van der Waals surface area contributed by atoms with Crippen molar-refractivity contribution in [3.8, 4) is 0 Å². The zero-order chi connectivity index (χ0) is 16.6. The topological polar surface area (TPSA) is 73.9 Å². The van der Waals surface area contributed by atoms with Gasteiger partial charge in [0.15, 0.2) is 6.04 Å². The van der Waals surface area contributed by atoms with Gasteiger partial charge in [-0.1, -0.05) is 30.3 Å². The van der Waals surface area contributed by atoms with E-state index in [2.05, 4.69) is 10.1 Å². The number of esters is 1. The summed E-state index contributed by atoms with van der Waals surface area (Å²) in [5.74, 6) is -0.582. The van der Waals surface area contributed by atoms with Crippen LogP contribution in [0.5, 0.6) is 0 Å². The summed E-state index contributed by atoms with van der Waals surface area (Å²) in [6, 6.07) is 8.35. The lowest BCUT2D eigenvalue weighted by Gasteiger charge is -2.23. The highest BCUT2D eigenvalue weighted by Gasteiger charge is 2.25. The molecule has 0 heterocycles. The van der Waals surface area contributed by atoms with Crippen LogP contribution in [0.1, 0.15) is 26.3 Å². The molecule has 1 atom stereocenters. The average Bonchev–Trinajstić information content (AvgIpc) is 2.48. The first-order valence-corrected chi connectivity index (χ1v) is 7.01. The third-order valence-electron chi connectivity index (χ3n) is 2.67. The molecule has 0 radical (unpaired) electrons. The van der Waals surface area contributed by atoms with Crippen LogP contribution >= 0.6 is 0 Å². The second-order valence-corrected chi connectivity index (χ2v) is 5.71. The predicted octanol–water partition coefficient (Wildman–Crippen LogP) is 2.27. The molecule has 0 aromatic heterocycles. The van der Waals surface area contributed by atoms with Gasteiger partial charge in [0.1, 0.15) is 6.61 Å². The van der Waals surface area contributed by atoms with Gasteiger partial charge in [-0.25, -0.2) is 9.59 Å². The summed E-state index contributed by atoms with van der Waals surface area (Å²) >= 11 is 0. The smallest absolute Gasteiger partial charge is 0.408 e. The van der Waals surface area contributed by atoms with Crippen LogP contribution in [-0.2, 0) is 25.6 Å². The van der Waals surface area contributed by atoms with Gasteiger partial charge in [0, 0.05) is 0 Å². The lowest BCUT2D eigenvalue weighted by atomic mass is 10.2. The van der Waals surface area contributed by atoms with Crippen molar-refractivity contribution in [3.05, 3.63) is 35.9 Å². The third kappa shape index (κ3) is 7.08. The number of alkyl carbamates (subject to hydrolysis) is 1. The van der Waals surface area contributed by atoms with E-state index >= 15 is 0 Å². The van der Waals surface area contributed by atoms with Crippen LogP contribution in [-0.4, -0.2) is 37.4 Å². The molecule has 0 aliphatic rings. The summed E-state index contributed by atoms with van der Waals surface area (Å²) in [6.45, 7) is 5.70. The maximum Gasteiger partial charge on any atom is 0.408 e. The Morgan fingerprint density at radius 3 is 2.36 bits per heavy atom. The SMILES string of the molecule is COC(=O)C(COC(C)(C)C)NC(=O)OCc1ccccc1. The minimum Gasteiger partial charge on any atom is -0.467 e. The van der Waals surface area contributed by atoms with Crippen LogP contribution in [0.15, 0.2) is 30.3 Å². The van der Waals surface area contributed by atoms with E-state index < -0.39 is 23.7 Å². The largest absolute Gasteiger partial charge is 0.467 e. The second kappa shape index (κ2) is 8.38. The Balaban J connectivity index is 2.50. The normalized spacial score (nSPS) is 12.4. The number of hydrogen-bond donors (Lipinski definition) is 1. The molecule has 0 bridgehead atoms. The molecule has 0 saturated carbocycles. The number of methoxy groups -OCH3 is 1. The molecule has 6 heteroatoms. The molecule has 22 heavy (non-hydrogen) atoms. The highest BCUT2D eigenvalue weighted by Crippen LogP contribution is 2.08. The van der Waals surface area contributed by atoms with E-state index in [1.165, 1.54) is 7.11 Å². The highest BCUT2D eigenvalue weighted by atomic mass is 16.6. The number of rotatable bonds is 6. The van der Waals surface area contributed by atoms with Crippen LogP contribution in [0.3, 0.4) is 0 Å². The number of ether oxygens (including phenoxy) is 3. The van der Waals surface area contributed by atoms with Gasteiger partial charge in [0.25, 0.3) is 0 Å². The average molecular weight is 309 g/mol. The Kier molecular flexibility index (Phi) is 6.85. The summed E-state index contributed by atoms with van der Waals surface area (Å²) in [7, 11) is 1.25. The highest BCUT2D eigenvalue weighted by molar-refractivity contribution is 5.81. The Labute approximate surface area is 130 Å². The molecule has 0 fully saturated rings. The Morgan fingerprint density at radius 2 is 1.82 bits per heavy atom. The fourth-order valence-electron chi connectivity index (χ4n) is 1.55. The molecule has 1 rings (SSSR count). The van der Waals surface area contributed by atoms with E-state index in [4.69, 9.17) is 9.47 Å². The standard InChI is InChI=1S/C16H23NO5/c1-16(2,3)22-11-13(14(18)20-4)17-15(19)21-10-12-8-6-5-7-9-12/h5-9,13H,10-11H2,1-4H3,(H,17,19). The molecule has 0 aliphatic carbocycles. The first-order chi connectivity index (χ1) is 10.3. The van der Waals surface area contributed by atoms with E-state index in [9.17, 15) is 9.59 Å². The minimum atomic E-state index is -0.910. The first-order valence-electron chi connectivity index (χ1n) is 7.01. The maximum atomic E-state index is 11.8. The molecule has 1 aromatic rings. The van der Waals surface area contributed by atoms with E-state index in [1.54, 1.807) is 0 Å². The van der Waals surface area contributed by atoms with E-state index in [-0.39, 0.29) is 13.2 Å². The van der Waals surface area contributed by atoms with E-state index in [0.29, 0.717) is 0 Å². The van der Waals surface area contributed by atoms with E-state index in [1.807, 2.05) is 51.1 Å². The molecule has 1 aromatic carbocycles. The van der Waals surface area contributed by atoms with Crippen molar-refractivity contribution in [2.24, 2.45) is 0 Å². The zero-order valence-corrected chi connectivity index (χ0v) is 13.4. The van der Waals surface area contributed by atoms with Gasteiger partial charge in [-0.05, 0) is 26.3 Å². The Morgan fingerprint density at radius 1 is 1.18 bits per heavy atom. The number of hydrogen-bond acceptors (Lipinski definition) is 5. The summed E-state index contributed by atoms with van der Waals surface area (Å²) in [5.41, 5.74) is 0.431. The summed E-state index contributed by atoms with van der Waals surface area (Å²) < 4.78 is 15.2. The van der Waals surface area contributed by atoms with Crippen molar-refractivity contribution in [3.63, 3.8) is 0 Å². The number of carbonyl (C=O) groups is 2. The quantitative estimate of drug-likeness (QED) is 0.816. The zero-order valence-electron chi connectivity index (χ0n) is 13.4. The van der Waals surface area contributed by atoms with Gasteiger partial charge in [0.05, 0.1) is 19.3 Å². The van der Waals surface area contributed by atoms with Gasteiger partial charge in [-0.3, -0.25) is 0 Å². The summed E-state index contributed by atoms with van der Waals surface area (Å²) in [6.07, 6.45) is -0.697. The van der Waals surface area contributed by atoms with Crippen molar-refractivity contribution < 1.29 is 23.8 Å². The number of carbonyl (C=O) groups excluding carboxylic acids is 2. The van der Waals surface area contributed by atoms with Crippen LogP contribution in [0, 0.1) is 0 Å². The monoisotopic (exact) mass is 309 g/mol. The molecule has 0 spiro atoms. The molecular formula is C16H23NO5. The van der Waals surface area contributed by atoms with Crippen LogP contribution in [0.2, 0.25) is 0 Å². The van der Waals surface area contributed by atoms with Gasteiger partial charge in [0.2, 0.25) is 0 Å². The minimum absolute atomic E-state index is 0.0105.